The lowest BCUT2D eigenvalue weighted by Gasteiger charge is -2.12. The molecule has 0 aliphatic rings. The summed E-state index contributed by atoms with van der Waals surface area (Å²) >= 11 is 2.77. The van der Waals surface area contributed by atoms with Crippen LogP contribution in [0, 0.1) is 0 Å². The lowest BCUT2D eigenvalue weighted by Crippen LogP contribution is -2.12. The van der Waals surface area contributed by atoms with Gasteiger partial charge >= 0.3 is 12.1 Å². The maximum atomic E-state index is 12.9. The second-order valence-electron chi connectivity index (χ2n) is 4.75. The molecule has 0 amide bonds. The van der Waals surface area contributed by atoms with Crippen LogP contribution in [-0.2, 0) is 17.5 Å². The van der Waals surface area contributed by atoms with Crippen molar-refractivity contribution >= 4 is 28.6 Å². The van der Waals surface area contributed by atoms with Crippen molar-refractivity contribution in [2.45, 2.75) is 12.8 Å². The molecule has 0 fully saturated rings. The highest BCUT2D eigenvalue weighted by Gasteiger charge is 2.33. The maximum Gasteiger partial charge on any atom is 0.416 e. The van der Waals surface area contributed by atoms with Gasteiger partial charge in [-0.05, 0) is 17.5 Å². The molecule has 2 heterocycles. The van der Waals surface area contributed by atoms with Gasteiger partial charge in [-0.15, -0.1) is 22.7 Å². The second-order valence-corrected chi connectivity index (χ2v) is 6.55. The van der Waals surface area contributed by atoms with E-state index in [1.165, 1.54) is 46.3 Å². The Morgan fingerprint density at radius 3 is 2.62 bits per heavy atom. The number of esters is 1. The van der Waals surface area contributed by atoms with E-state index in [1.54, 1.807) is 0 Å². The number of rotatable bonds is 4. The van der Waals surface area contributed by atoms with Gasteiger partial charge in [0.2, 0.25) is 0 Å². The van der Waals surface area contributed by atoms with Crippen molar-refractivity contribution in [2.75, 3.05) is 0 Å². The molecule has 0 radical (unpaired) electrons. The highest BCUT2D eigenvalue weighted by molar-refractivity contribution is 7.20. The van der Waals surface area contributed by atoms with Gasteiger partial charge < -0.3 is 4.74 Å². The minimum atomic E-state index is -4.49. The van der Waals surface area contributed by atoms with E-state index < -0.39 is 24.3 Å². The summed E-state index contributed by atoms with van der Waals surface area (Å²) < 4.78 is 43.7. The molecule has 0 saturated heterocycles. The number of aromatic nitrogens is 1. The molecule has 0 N–H and O–H groups in total. The molecule has 2 aromatic heterocycles. The number of thiazole rings is 1. The lowest BCUT2D eigenvalue weighted by molar-refractivity contribution is -0.138. The molecule has 24 heavy (non-hydrogen) atoms. The Kier molecular flexibility index (Phi) is 4.68. The summed E-state index contributed by atoms with van der Waals surface area (Å²) in [5.41, 5.74) is -0.810. The number of benzene rings is 1. The third kappa shape index (κ3) is 3.65. The standard InChI is InChI=1S/C16H10F3NO2S2/c17-16(18,19)11-5-2-1-4-10(11)8-22-15(21)12-9-24-14(20-12)13-6-3-7-23-13/h1-7,9H,8H2. The average molecular weight is 369 g/mol. The van der Waals surface area contributed by atoms with E-state index in [-0.39, 0.29) is 11.3 Å². The van der Waals surface area contributed by atoms with Crippen LogP contribution >= 0.6 is 22.7 Å². The van der Waals surface area contributed by atoms with E-state index in [9.17, 15) is 18.0 Å². The highest BCUT2D eigenvalue weighted by Crippen LogP contribution is 2.32. The van der Waals surface area contributed by atoms with Gasteiger partial charge in [0.1, 0.15) is 11.6 Å². The first kappa shape index (κ1) is 16.7. The van der Waals surface area contributed by atoms with Crippen molar-refractivity contribution in [3.8, 4) is 9.88 Å². The average Bonchev–Trinajstić information content (AvgIpc) is 3.22. The zero-order valence-corrected chi connectivity index (χ0v) is 13.7. The van der Waals surface area contributed by atoms with Crippen molar-refractivity contribution < 1.29 is 22.7 Å². The second kappa shape index (κ2) is 6.74. The van der Waals surface area contributed by atoms with Crippen LogP contribution in [-0.4, -0.2) is 11.0 Å². The minimum absolute atomic E-state index is 0.0906. The summed E-state index contributed by atoms with van der Waals surface area (Å²) in [6.07, 6.45) is -4.49. The smallest absolute Gasteiger partial charge is 0.416 e. The molecule has 0 bridgehead atoms. The first-order valence-corrected chi connectivity index (χ1v) is 8.52. The molecular weight excluding hydrogens is 359 g/mol. The van der Waals surface area contributed by atoms with Gasteiger partial charge in [-0.25, -0.2) is 9.78 Å². The summed E-state index contributed by atoms with van der Waals surface area (Å²) in [5, 5.41) is 4.10. The SMILES string of the molecule is O=C(OCc1ccccc1C(F)(F)F)c1csc(-c2cccs2)n1. The Hall–Kier alpha value is -2.19. The number of halogens is 3. The molecule has 0 unspecified atom stereocenters. The summed E-state index contributed by atoms with van der Waals surface area (Å²) in [6, 6.07) is 8.75. The summed E-state index contributed by atoms with van der Waals surface area (Å²) in [7, 11) is 0. The van der Waals surface area contributed by atoms with Crippen LogP contribution in [0.4, 0.5) is 13.2 Å². The summed E-state index contributed by atoms with van der Waals surface area (Å²) in [5.74, 6) is -0.744. The topological polar surface area (TPSA) is 39.2 Å². The van der Waals surface area contributed by atoms with E-state index in [0.29, 0.717) is 5.01 Å². The Morgan fingerprint density at radius 1 is 1.12 bits per heavy atom. The molecule has 0 spiro atoms. The number of thiophene rings is 1. The third-order valence-electron chi connectivity index (χ3n) is 3.13. The Labute approximate surface area is 143 Å². The van der Waals surface area contributed by atoms with Crippen molar-refractivity contribution in [3.63, 3.8) is 0 Å². The molecule has 3 aromatic rings. The first-order valence-electron chi connectivity index (χ1n) is 6.77. The zero-order chi connectivity index (χ0) is 17.2. The molecule has 0 aliphatic carbocycles. The highest BCUT2D eigenvalue weighted by atomic mass is 32.1. The van der Waals surface area contributed by atoms with Crippen LogP contribution in [0.1, 0.15) is 21.6 Å². The number of carbonyl (C=O) groups excluding carboxylic acids is 1. The molecule has 3 rings (SSSR count). The molecular formula is C16H10F3NO2S2. The number of hydrogen-bond acceptors (Lipinski definition) is 5. The third-order valence-corrected chi connectivity index (χ3v) is 5.01. The maximum absolute atomic E-state index is 12.9. The fourth-order valence-corrected chi connectivity index (χ4v) is 3.62. The molecule has 0 saturated carbocycles. The van der Waals surface area contributed by atoms with Crippen LogP contribution in [0.25, 0.3) is 9.88 Å². The molecule has 3 nitrogen and oxygen atoms in total. The minimum Gasteiger partial charge on any atom is -0.456 e. The molecule has 0 aliphatic heterocycles. The van der Waals surface area contributed by atoms with E-state index in [2.05, 4.69) is 4.98 Å². The Morgan fingerprint density at radius 2 is 1.92 bits per heavy atom. The van der Waals surface area contributed by atoms with Crippen LogP contribution < -0.4 is 0 Å². The van der Waals surface area contributed by atoms with E-state index >= 15 is 0 Å². The van der Waals surface area contributed by atoms with E-state index in [0.717, 1.165) is 10.9 Å². The van der Waals surface area contributed by atoms with Gasteiger partial charge in [0.15, 0.2) is 5.69 Å². The van der Waals surface area contributed by atoms with Crippen molar-refractivity contribution in [2.24, 2.45) is 0 Å². The quantitative estimate of drug-likeness (QED) is 0.590. The number of alkyl halides is 3. The number of carbonyl (C=O) groups is 1. The summed E-state index contributed by atoms with van der Waals surface area (Å²) in [6.45, 7) is -0.458. The fraction of sp³-hybridized carbons (Fsp3) is 0.125. The van der Waals surface area contributed by atoms with Gasteiger partial charge in [-0.2, -0.15) is 13.2 Å². The van der Waals surface area contributed by atoms with Crippen LogP contribution in [0.2, 0.25) is 0 Å². The monoisotopic (exact) mass is 369 g/mol. The number of hydrogen-bond donors (Lipinski definition) is 0. The zero-order valence-electron chi connectivity index (χ0n) is 12.0. The van der Waals surface area contributed by atoms with Crippen LogP contribution in [0.3, 0.4) is 0 Å². The molecule has 0 atom stereocenters. The van der Waals surface area contributed by atoms with Gasteiger partial charge in [0.25, 0.3) is 0 Å². The Balaban J connectivity index is 1.71. The number of nitrogens with zero attached hydrogens (tertiary/aromatic N) is 1. The molecule has 124 valence electrons. The van der Waals surface area contributed by atoms with Crippen molar-refractivity contribution in [1.29, 1.82) is 0 Å². The van der Waals surface area contributed by atoms with Crippen LogP contribution in [0.5, 0.6) is 0 Å². The van der Waals surface area contributed by atoms with Gasteiger partial charge in [0.05, 0.1) is 10.4 Å². The van der Waals surface area contributed by atoms with Gasteiger partial charge in [-0.3, -0.25) is 0 Å². The molecule has 8 heteroatoms. The summed E-state index contributed by atoms with van der Waals surface area (Å²) in [4.78, 5) is 17.1. The predicted molar refractivity (Wildman–Crippen MR) is 86.0 cm³/mol. The van der Waals surface area contributed by atoms with E-state index in [4.69, 9.17) is 4.74 Å². The van der Waals surface area contributed by atoms with Crippen molar-refractivity contribution in [3.05, 3.63) is 64.0 Å². The van der Waals surface area contributed by atoms with Gasteiger partial charge in [0, 0.05) is 10.9 Å². The van der Waals surface area contributed by atoms with Crippen LogP contribution in [0.15, 0.2) is 47.2 Å². The van der Waals surface area contributed by atoms with E-state index in [1.807, 2.05) is 17.5 Å². The van der Waals surface area contributed by atoms with Crippen molar-refractivity contribution in [1.82, 2.24) is 4.98 Å². The normalized spacial score (nSPS) is 11.5. The fourth-order valence-electron chi connectivity index (χ4n) is 2.02. The Bertz CT molecular complexity index is 841. The number of ether oxygens (including phenoxy) is 1. The largest absolute Gasteiger partial charge is 0.456 e. The lowest BCUT2D eigenvalue weighted by atomic mass is 10.1. The van der Waals surface area contributed by atoms with Gasteiger partial charge in [-0.1, -0.05) is 24.3 Å². The molecule has 1 aromatic carbocycles. The first-order chi connectivity index (χ1) is 11.4. The predicted octanol–water partition coefficient (Wildman–Crippen LogP) is 5.25.